The Hall–Kier alpha value is -2.47. The van der Waals surface area contributed by atoms with Crippen molar-refractivity contribution in [3.8, 4) is 0 Å². The Morgan fingerprint density at radius 2 is 2.29 bits per heavy atom. The van der Waals surface area contributed by atoms with Crippen LogP contribution >= 0.6 is 11.3 Å². The van der Waals surface area contributed by atoms with E-state index < -0.39 is 0 Å². The minimum absolute atomic E-state index is 0.246. The highest BCUT2D eigenvalue weighted by Crippen LogP contribution is 2.35. The summed E-state index contributed by atoms with van der Waals surface area (Å²) in [6.07, 6.45) is 13.6. The largest absolute Gasteiger partial charge is 0.342 e. The van der Waals surface area contributed by atoms with Gasteiger partial charge in [-0.3, -0.25) is 9.78 Å². The number of aryl methyl sites for hydroxylation is 1. The fourth-order valence-corrected chi connectivity index (χ4v) is 5.12. The van der Waals surface area contributed by atoms with E-state index in [-0.39, 0.29) is 5.91 Å². The molecule has 0 N–H and O–H groups in total. The number of carbonyl (C=O) groups is 1. The second kappa shape index (κ2) is 7.17. The van der Waals surface area contributed by atoms with E-state index in [0.717, 1.165) is 43.1 Å². The van der Waals surface area contributed by atoms with E-state index in [4.69, 9.17) is 0 Å². The lowest BCUT2D eigenvalue weighted by Crippen LogP contribution is -2.44. The molecule has 6 heteroatoms. The molecule has 0 radical (unpaired) electrons. The quantitative estimate of drug-likeness (QED) is 0.672. The molecular weight excluding hydrogens is 368 g/mol. The van der Waals surface area contributed by atoms with Crippen LogP contribution in [0, 0.1) is 5.92 Å². The van der Waals surface area contributed by atoms with E-state index in [1.165, 1.54) is 16.5 Å². The molecule has 5 nitrogen and oxygen atoms in total. The Bertz CT molecular complexity index is 1040. The Labute approximate surface area is 168 Å². The van der Waals surface area contributed by atoms with E-state index in [0.29, 0.717) is 18.4 Å². The summed E-state index contributed by atoms with van der Waals surface area (Å²) in [4.78, 5) is 23.8. The van der Waals surface area contributed by atoms with Crippen molar-refractivity contribution in [2.45, 2.75) is 38.6 Å². The first kappa shape index (κ1) is 17.6. The van der Waals surface area contributed by atoms with Crippen LogP contribution in [0.2, 0.25) is 0 Å². The van der Waals surface area contributed by atoms with Crippen LogP contribution in [0.3, 0.4) is 0 Å². The third kappa shape index (κ3) is 3.05. The first-order chi connectivity index (χ1) is 13.7. The highest BCUT2D eigenvalue weighted by atomic mass is 32.1. The van der Waals surface area contributed by atoms with Crippen molar-refractivity contribution in [2.75, 3.05) is 13.1 Å². The molecule has 0 unspecified atom stereocenters. The van der Waals surface area contributed by atoms with Crippen molar-refractivity contribution >= 4 is 34.2 Å². The zero-order valence-electron chi connectivity index (χ0n) is 16.0. The molecule has 1 aliphatic heterocycles. The van der Waals surface area contributed by atoms with E-state index in [9.17, 15) is 4.79 Å². The molecule has 1 saturated heterocycles. The lowest BCUT2D eigenvalue weighted by molar-refractivity contribution is -0.133. The van der Waals surface area contributed by atoms with Gasteiger partial charge < -0.3 is 9.47 Å². The van der Waals surface area contributed by atoms with E-state index in [1.54, 1.807) is 11.3 Å². The fraction of sp³-hybridized carbons (Fsp3) is 0.409. The topological polar surface area (TPSA) is 51.0 Å². The lowest BCUT2D eigenvalue weighted by Gasteiger charge is -2.38. The third-order valence-electron chi connectivity index (χ3n) is 6.13. The van der Waals surface area contributed by atoms with Gasteiger partial charge in [-0.2, -0.15) is 0 Å². The average molecular weight is 393 g/mol. The van der Waals surface area contributed by atoms with Crippen molar-refractivity contribution in [3.63, 3.8) is 0 Å². The monoisotopic (exact) mass is 392 g/mol. The van der Waals surface area contributed by atoms with E-state index in [2.05, 4.69) is 50.8 Å². The molecule has 0 spiro atoms. The van der Waals surface area contributed by atoms with Crippen molar-refractivity contribution in [1.29, 1.82) is 0 Å². The van der Waals surface area contributed by atoms with Crippen molar-refractivity contribution in [3.05, 3.63) is 52.4 Å². The summed E-state index contributed by atoms with van der Waals surface area (Å²) in [5.74, 6) is 0.781. The molecule has 5 rings (SSSR count). The number of thiazole rings is 1. The minimum atomic E-state index is 0.246. The summed E-state index contributed by atoms with van der Waals surface area (Å²) in [5.41, 5.74) is 3.68. The normalized spacial score (nSPS) is 21.4. The molecule has 3 aromatic rings. The number of aromatic nitrogens is 3. The first-order valence-corrected chi connectivity index (χ1v) is 10.9. The number of amides is 1. The maximum Gasteiger partial charge on any atom is 0.223 e. The van der Waals surface area contributed by atoms with Gasteiger partial charge in [0, 0.05) is 67.3 Å². The summed E-state index contributed by atoms with van der Waals surface area (Å²) in [5, 5.41) is 4.20. The Morgan fingerprint density at radius 1 is 1.36 bits per heavy atom. The van der Waals surface area contributed by atoms with Crippen LogP contribution in [0.1, 0.15) is 42.1 Å². The molecular formula is C22H24N4OS. The van der Waals surface area contributed by atoms with Gasteiger partial charge in [-0.15, -0.1) is 11.3 Å². The molecule has 1 amide bonds. The van der Waals surface area contributed by atoms with Gasteiger partial charge in [0.25, 0.3) is 0 Å². The number of pyridine rings is 1. The van der Waals surface area contributed by atoms with E-state index in [1.807, 2.05) is 17.8 Å². The van der Waals surface area contributed by atoms with Crippen LogP contribution in [-0.4, -0.2) is 38.4 Å². The van der Waals surface area contributed by atoms with Gasteiger partial charge in [0.15, 0.2) is 0 Å². The summed E-state index contributed by atoms with van der Waals surface area (Å²) in [7, 11) is 0. The van der Waals surface area contributed by atoms with Crippen LogP contribution < -0.4 is 0 Å². The molecule has 3 aromatic heterocycles. The zero-order valence-corrected chi connectivity index (χ0v) is 16.9. The maximum absolute atomic E-state index is 12.8. The summed E-state index contributed by atoms with van der Waals surface area (Å²) >= 11 is 1.62. The Kier molecular flexibility index (Phi) is 4.51. The van der Waals surface area contributed by atoms with Gasteiger partial charge in [0.2, 0.25) is 5.91 Å². The van der Waals surface area contributed by atoms with Gasteiger partial charge in [-0.1, -0.05) is 19.1 Å². The van der Waals surface area contributed by atoms with Crippen LogP contribution in [-0.2, 0) is 17.6 Å². The molecule has 1 fully saturated rings. The highest BCUT2D eigenvalue weighted by Gasteiger charge is 2.31. The number of likely N-dealkylation sites (tertiary alicyclic amines) is 1. The van der Waals surface area contributed by atoms with Crippen LogP contribution in [0.5, 0.6) is 0 Å². The van der Waals surface area contributed by atoms with Crippen molar-refractivity contribution in [2.24, 2.45) is 5.92 Å². The molecule has 0 bridgehead atoms. The van der Waals surface area contributed by atoms with Crippen molar-refractivity contribution in [1.82, 2.24) is 19.4 Å². The molecule has 0 aromatic carbocycles. The van der Waals surface area contributed by atoms with Crippen LogP contribution in [0.15, 0.2) is 36.1 Å². The Balaban J connectivity index is 1.39. The third-order valence-corrected chi connectivity index (χ3v) is 6.97. The molecule has 0 saturated carbocycles. The van der Waals surface area contributed by atoms with Crippen LogP contribution in [0.4, 0.5) is 0 Å². The van der Waals surface area contributed by atoms with Gasteiger partial charge in [-0.05, 0) is 18.4 Å². The van der Waals surface area contributed by atoms with Gasteiger partial charge >= 0.3 is 0 Å². The number of allylic oxidation sites excluding steroid dienone is 1. The predicted molar refractivity (Wildman–Crippen MR) is 112 cm³/mol. The Morgan fingerprint density at radius 3 is 3.14 bits per heavy atom. The maximum atomic E-state index is 12.8. The van der Waals surface area contributed by atoms with Gasteiger partial charge in [-0.25, -0.2) is 4.98 Å². The highest BCUT2D eigenvalue weighted by molar-refractivity contribution is 7.09. The lowest BCUT2D eigenvalue weighted by atomic mass is 9.92. The van der Waals surface area contributed by atoms with Gasteiger partial charge in [0.1, 0.15) is 0 Å². The number of hydrogen-bond donors (Lipinski definition) is 0. The molecule has 2 atom stereocenters. The zero-order chi connectivity index (χ0) is 19.1. The van der Waals surface area contributed by atoms with E-state index >= 15 is 0 Å². The first-order valence-electron chi connectivity index (χ1n) is 10.0. The van der Waals surface area contributed by atoms with Crippen molar-refractivity contribution < 1.29 is 4.79 Å². The molecule has 4 heterocycles. The summed E-state index contributed by atoms with van der Waals surface area (Å²) in [6.45, 7) is 3.95. The SMILES string of the molecule is C[C@@H]1CCN(C(=O)CCc2nccs2)C[C@@H]1n1ccc2cnc3c(c21)C=CC3. The number of carbonyl (C=O) groups excluding carboxylic acids is 1. The number of fused-ring (bicyclic) bond motifs is 3. The smallest absolute Gasteiger partial charge is 0.223 e. The number of rotatable bonds is 4. The number of hydrogen-bond acceptors (Lipinski definition) is 4. The second-order valence-electron chi connectivity index (χ2n) is 7.85. The molecule has 1 aliphatic carbocycles. The number of nitrogens with zero attached hydrogens (tertiary/aromatic N) is 4. The molecule has 144 valence electrons. The summed E-state index contributed by atoms with van der Waals surface area (Å²) < 4.78 is 2.40. The molecule has 2 aliphatic rings. The standard InChI is InChI=1S/C22H24N4OS/c1-15-7-10-25(21(27)6-5-20-23-9-12-28-20)14-19(15)26-11-8-16-13-24-18-4-2-3-17(18)22(16)26/h2-3,8-9,11-13,15,19H,4-7,10,14H2,1H3/t15-,19+/m1/s1. The predicted octanol–water partition coefficient (Wildman–Crippen LogP) is 4.10. The fourth-order valence-electron chi connectivity index (χ4n) is 4.50. The summed E-state index contributed by atoms with van der Waals surface area (Å²) in [6, 6.07) is 2.46. The molecule has 28 heavy (non-hydrogen) atoms. The average Bonchev–Trinajstić information content (AvgIpc) is 3.45. The number of piperidine rings is 1. The van der Waals surface area contributed by atoms with Crippen LogP contribution in [0.25, 0.3) is 17.0 Å². The van der Waals surface area contributed by atoms with Gasteiger partial charge in [0.05, 0.1) is 22.3 Å². The minimum Gasteiger partial charge on any atom is -0.342 e. The second-order valence-corrected chi connectivity index (χ2v) is 8.83.